The van der Waals surface area contributed by atoms with E-state index in [0.29, 0.717) is 31.1 Å². The summed E-state index contributed by atoms with van der Waals surface area (Å²) in [6.45, 7) is 2.94. The summed E-state index contributed by atoms with van der Waals surface area (Å²) in [6.07, 6.45) is 8.83. The molecule has 0 saturated carbocycles. The number of aromatic nitrogens is 4. The molecule has 7 nitrogen and oxygen atoms in total. The minimum atomic E-state index is -1.24. The number of aliphatic hydroxyl groups is 1. The molecule has 2 aliphatic rings. The van der Waals surface area contributed by atoms with Gasteiger partial charge in [0.15, 0.2) is 0 Å². The van der Waals surface area contributed by atoms with Gasteiger partial charge in [-0.05, 0) is 55.5 Å². The zero-order valence-corrected chi connectivity index (χ0v) is 18.8. The van der Waals surface area contributed by atoms with Crippen LogP contribution >= 0.6 is 0 Å². The Balaban J connectivity index is 1.42. The molecular formula is C26H26FN5O2. The highest BCUT2D eigenvalue weighted by molar-refractivity contribution is 5.64. The van der Waals surface area contributed by atoms with Crippen LogP contribution in [0.3, 0.4) is 0 Å². The molecule has 1 N–H and O–H groups in total. The number of hydrogen-bond acceptors (Lipinski definition) is 6. The Kier molecular flexibility index (Phi) is 5.27. The van der Waals surface area contributed by atoms with Crippen LogP contribution in [0.2, 0.25) is 0 Å². The fourth-order valence-electron chi connectivity index (χ4n) is 5.07. The van der Waals surface area contributed by atoms with E-state index < -0.39 is 5.60 Å². The first-order valence-electron chi connectivity index (χ1n) is 11.8. The normalized spacial score (nSPS) is 20.8. The van der Waals surface area contributed by atoms with Gasteiger partial charge >= 0.3 is 0 Å². The van der Waals surface area contributed by atoms with E-state index >= 15 is 0 Å². The van der Waals surface area contributed by atoms with E-state index in [1.165, 1.54) is 12.1 Å². The number of morpholine rings is 1. The average molecular weight is 460 g/mol. The Labute approximate surface area is 196 Å². The number of rotatable bonds is 3. The first-order valence-corrected chi connectivity index (χ1v) is 11.8. The summed E-state index contributed by atoms with van der Waals surface area (Å²) in [5, 5.41) is 12.0. The van der Waals surface area contributed by atoms with Gasteiger partial charge in [0.1, 0.15) is 17.1 Å². The largest absolute Gasteiger partial charge is 0.379 e. The topological polar surface area (TPSA) is 75.8 Å². The number of fused-ring (bicyclic) bond motifs is 3. The van der Waals surface area contributed by atoms with Crippen LogP contribution < -0.4 is 4.90 Å². The van der Waals surface area contributed by atoms with Crippen molar-refractivity contribution >= 4 is 11.6 Å². The smallest absolute Gasteiger partial charge is 0.225 e. The van der Waals surface area contributed by atoms with Crippen LogP contribution in [0.4, 0.5) is 10.3 Å². The first-order chi connectivity index (χ1) is 16.6. The van der Waals surface area contributed by atoms with Crippen LogP contribution in [-0.2, 0) is 16.8 Å². The lowest BCUT2D eigenvalue weighted by Gasteiger charge is -2.28. The first kappa shape index (κ1) is 21.2. The molecule has 1 aliphatic carbocycles. The summed E-state index contributed by atoms with van der Waals surface area (Å²) in [4.78, 5) is 16.1. The van der Waals surface area contributed by atoms with Gasteiger partial charge in [0.25, 0.3) is 0 Å². The van der Waals surface area contributed by atoms with Gasteiger partial charge in [-0.15, -0.1) is 0 Å². The van der Waals surface area contributed by atoms with Crippen molar-refractivity contribution in [1.82, 2.24) is 19.4 Å². The molecule has 174 valence electrons. The standard InChI is InChI=1S/C26H26FN5O2/c27-21-7-5-20(6-8-21)26(33)10-2-1-3-22-24(26)32-17-18(4-9-23(32)30-22)19-15-28-25(29-16-19)31-11-13-34-14-12-31/h4-9,15-17,33H,1-3,10-14H2. The molecule has 1 saturated heterocycles. The third-order valence-corrected chi connectivity index (χ3v) is 6.87. The van der Waals surface area contributed by atoms with Crippen molar-refractivity contribution in [2.75, 3.05) is 31.2 Å². The fourth-order valence-corrected chi connectivity index (χ4v) is 5.07. The van der Waals surface area contributed by atoms with E-state index in [1.54, 1.807) is 12.1 Å². The van der Waals surface area contributed by atoms with Gasteiger partial charge in [-0.2, -0.15) is 0 Å². The van der Waals surface area contributed by atoms with Gasteiger partial charge in [-0.25, -0.2) is 19.3 Å². The molecule has 6 rings (SSSR count). The molecule has 8 heteroatoms. The number of benzene rings is 1. The maximum absolute atomic E-state index is 13.6. The van der Waals surface area contributed by atoms with Crippen LogP contribution in [0, 0.1) is 5.82 Å². The number of imidazole rings is 1. The summed E-state index contributed by atoms with van der Waals surface area (Å²) >= 11 is 0. The van der Waals surface area contributed by atoms with Crippen molar-refractivity contribution in [1.29, 1.82) is 0 Å². The number of halogens is 1. The minimum absolute atomic E-state index is 0.317. The zero-order chi connectivity index (χ0) is 23.1. The molecule has 1 unspecified atom stereocenters. The SMILES string of the molecule is OC1(c2ccc(F)cc2)CCCCc2nc3ccc(-c4cnc(N5CCOCC5)nc4)cn3c21. The Morgan fingerprint density at radius 2 is 1.71 bits per heavy atom. The second kappa shape index (κ2) is 8.45. The summed E-state index contributed by atoms with van der Waals surface area (Å²) in [7, 11) is 0. The molecule has 3 aromatic heterocycles. The second-order valence-corrected chi connectivity index (χ2v) is 9.00. The quantitative estimate of drug-likeness (QED) is 0.471. The average Bonchev–Trinajstić information content (AvgIpc) is 3.17. The lowest BCUT2D eigenvalue weighted by molar-refractivity contribution is 0.0650. The van der Waals surface area contributed by atoms with Crippen molar-refractivity contribution in [2.45, 2.75) is 31.3 Å². The van der Waals surface area contributed by atoms with Crippen molar-refractivity contribution < 1.29 is 14.2 Å². The van der Waals surface area contributed by atoms with E-state index in [1.807, 2.05) is 35.1 Å². The Morgan fingerprint density at radius 1 is 0.941 bits per heavy atom. The summed E-state index contributed by atoms with van der Waals surface area (Å²) in [5.74, 6) is 0.387. The van der Waals surface area contributed by atoms with Crippen molar-refractivity contribution in [3.05, 3.63) is 77.8 Å². The molecule has 1 atom stereocenters. The van der Waals surface area contributed by atoms with Crippen molar-refractivity contribution in [3.63, 3.8) is 0 Å². The van der Waals surface area contributed by atoms with Crippen LogP contribution in [0.1, 0.15) is 36.2 Å². The highest BCUT2D eigenvalue weighted by atomic mass is 19.1. The monoisotopic (exact) mass is 459 g/mol. The number of pyridine rings is 1. The fraction of sp³-hybridized carbons (Fsp3) is 0.346. The molecule has 1 fully saturated rings. The molecule has 34 heavy (non-hydrogen) atoms. The molecule has 0 spiro atoms. The Bertz CT molecular complexity index is 1320. The van der Waals surface area contributed by atoms with E-state index in [0.717, 1.165) is 60.5 Å². The molecule has 0 radical (unpaired) electrons. The third kappa shape index (κ3) is 3.63. The van der Waals surface area contributed by atoms with Gasteiger partial charge in [0.05, 0.1) is 24.6 Å². The van der Waals surface area contributed by atoms with Gasteiger partial charge in [0, 0.05) is 42.8 Å². The summed E-state index contributed by atoms with van der Waals surface area (Å²) in [5.41, 5.74) is 3.70. The van der Waals surface area contributed by atoms with Crippen molar-refractivity contribution in [2.24, 2.45) is 0 Å². The number of aryl methyl sites for hydroxylation is 1. The van der Waals surface area contributed by atoms with E-state index in [-0.39, 0.29) is 5.82 Å². The molecular weight excluding hydrogens is 433 g/mol. The van der Waals surface area contributed by atoms with Gasteiger partial charge < -0.3 is 14.7 Å². The second-order valence-electron chi connectivity index (χ2n) is 9.00. The van der Waals surface area contributed by atoms with Gasteiger partial charge in [-0.1, -0.05) is 12.1 Å². The van der Waals surface area contributed by atoms with Gasteiger partial charge in [0.2, 0.25) is 5.95 Å². The lowest BCUT2D eigenvalue weighted by atomic mass is 9.86. The predicted octanol–water partition coefficient (Wildman–Crippen LogP) is 3.73. The summed E-state index contributed by atoms with van der Waals surface area (Å²) < 4.78 is 21.0. The number of hydrogen-bond donors (Lipinski definition) is 1. The molecule has 0 bridgehead atoms. The maximum atomic E-state index is 13.6. The molecule has 4 heterocycles. The number of nitrogens with zero attached hydrogens (tertiary/aromatic N) is 5. The van der Waals surface area contributed by atoms with Crippen LogP contribution in [0.25, 0.3) is 16.8 Å². The van der Waals surface area contributed by atoms with Crippen LogP contribution in [0.15, 0.2) is 55.0 Å². The lowest BCUT2D eigenvalue weighted by Crippen LogP contribution is -2.37. The zero-order valence-electron chi connectivity index (χ0n) is 18.8. The molecule has 1 aromatic carbocycles. The van der Waals surface area contributed by atoms with Crippen LogP contribution in [-0.4, -0.2) is 50.8 Å². The van der Waals surface area contributed by atoms with E-state index in [2.05, 4.69) is 14.9 Å². The Morgan fingerprint density at radius 3 is 2.47 bits per heavy atom. The van der Waals surface area contributed by atoms with E-state index in [4.69, 9.17) is 9.72 Å². The Hall–Kier alpha value is -3.36. The maximum Gasteiger partial charge on any atom is 0.225 e. The van der Waals surface area contributed by atoms with E-state index in [9.17, 15) is 9.50 Å². The highest BCUT2D eigenvalue weighted by Gasteiger charge is 2.38. The molecule has 1 aliphatic heterocycles. The number of ether oxygens (including phenoxy) is 1. The molecule has 4 aromatic rings. The predicted molar refractivity (Wildman–Crippen MR) is 126 cm³/mol. The van der Waals surface area contributed by atoms with Crippen molar-refractivity contribution in [3.8, 4) is 11.1 Å². The minimum Gasteiger partial charge on any atom is -0.379 e. The van der Waals surface area contributed by atoms with Gasteiger partial charge in [-0.3, -0.25) is 4.40 Å². The summed E-state index contributed by atoms with van der Waals surface area (Å²) in [6, 6.07) is 10.1. The number of anilines is 1. The van der Waals surface area contributed by atoms with Crippen LogP contribution in [0.5, 0.6) is 0 Å². The third-order valence-electron chi connectivity index (χ3n) is 6.87. The highest BCUT2D eigenvalue weighted by Crippen LogP contribution is 2.40. The molecule has 0 amide bonds.